The van der Waals surface area contributed by atoms with E-state index in [9.17, 15) is 4.79 Å². The second-order valence-electron chi connectivity index (χ2n) is 5.84. The first-order chi connectivity index (χ1) is 8.01. The highest BCUT2D eigenvalue weighted by Crippen LogP contribution is 2.54. The molecule has 17 heavy (non-hydrogen) atoms. The summed E-state index contributed by atoms with van der Waals surface area (Å²) >= 11 is 0. The molecule has 2 fully saturated rings. The molecule has 2 aliphatic carbocycles. The fraction of sp³-hybridized carbons (Fsp3) is 0.533. The van der Waals surface area contributed by atoms with Crippen LogP contribution in [-0.2, 0) is 9.53 Å². The van der Waals surface area contributed by atoms with Gasteiger partial charge in [-0.3, -0.25) is 0 Å². The summed E-state index contributed by atoms with van der Waals surface area (Å²) in [6, 6.07) is 0. The van der Waals surface area contributed by atoms with Crippen LogP contribution in [0, 0.1) is 17.3 Å². The van der Waals surface area contributed by atoms with Crippen LogP contribution in [0.15, 0.2) is 36.5 Å². The summed E-state index contributed by atoms with van der Waals surface area (Å²) in [5, 5.41) is 0. The summed E-state index contributed by atoms with van der Waals surface area (Å²) < 4.78 is 5.42. The lowest BCUT2D eigenvalue weighted by molar-refractivity contribution is -0.141. The van der Waals surface area contributed by atoms with Crippen molar-refractivity contribution in [1.82, 2.24) is 0 Å². The number of hydrogen-bond acceptors (Lipinski definition) is 2. The number of carbonyl (C=O) groups excluding carboxylic acids is 1. The van der Waals surface area contributed by atoms with Crippen LogP contribution in [0.5, 0.6) is 0 Å². The Bertz CT molecular complexity index is 446. The Balaban J connectivity index is 1.95. The van der Waals surface area contributed by atoms with Gasteiger partial charge in [-0.25, -0.2) is 4.79 Å². The highest BCUT2D eigenvalue weighted by molar-refractivity contribution is 5.90. The topological polar surface area (TPSA) is 26.3 Å². The maximum absolute atomic E-state index is 11.6. The van der Waals surface area contributed by atoms with E-state index < -0.39 is 0 Å². The molecular weight excluding hydrogens is 212 g/mol. The fourth-order valence-electron chi connectivity index (χ4n) is 3.69. The van der Waals surface area contributed by atoms with Crippen molar-refractivity contribution in [2.24, 2.45) is 17.3 Å². The third-order valence-corrected chi connectivity index (χ3v) is 4.72. The van der Waals surface area contributed by atoms with Gasteiger partial charge in [0.05, 0.1) is 0 Å². The predicted molar refractivity (Wildman–Crippen MR) is 66.2 cm³/mol. The number of esters is 1. The molecule has 3 rings (SSSR count). The maximum atomic E-state index is 11.6. The summed E-state index contributed by atoms with van der Waals surface area (Å²) in [7, 11) is 0. The average molecular weight is 230 g/mol. The average Bonchev–Trinajstić information content (AvgIpc) is 2.52. The second-order valence-corrected chi connectivity index (χ2v) is 5.84. The predicted octanol–water partition coefficient (Wildman–Crippen LogP) is 3.02. The van der Waals surface area contributed by atoms with E-state index in [0.717, 1.165) is 19.3 Å². The normalized spacial score (nSPS) is 44.3. The van der Waals surface area contributed by atoms with E-state index in [1.165, 1.54) is 5.57 Å². The Hall–Kier alpha value is -1.31. The molecule has 3 aliphatic rings. The molecule has 0 aromatic carbocycles. The van der Waals surface area contributed by atoms with Crippen LogP contribution in [0.2, 0.25) is 0 Å². The minimum Gasteiger partial charge on any atom is -0.458 e. The first-order valence-corrected chi connectivity index (χ1v) is 6.26. The van der Waals surface area contributed by atoms with Crippen LogP contribution in [0.3, 0.4) is 0 Å². The molecule has 0 radical (unpaired) electrons. The van der Waals surface area contributed by atoms with Gasteiger partial charge in [0.25, 0.3) is 0 Å². The first-order valence-electron chi connectivity index (χ1n) is 6.26. The molecule has 90 valence electrons. The highest BCUT2D eigenvalue weighted by atomic mass is 16.6. The van der Waals surface area contributed by atoms with E-state index in [2.05, 4.69) is 32.2 Å². The van der Waals surface area contributed by atoms with Gasteiger partial charge in [0.15, 0.2) is 0 Å². The maximum Gasteiger partial charge on any atom is 0.334 e. The van der Waals surface area contributed by atoms with Crippen molar-refractivity contribution in [2.45, 2.75) is 32.3 Å². The Morgan fingerprint density at radius 3 is 3.00 bits per heavy atom. The Morgan fingerprint density at radius 2 is 2.24 bits per heavy atom. The molecule has 0 amide bonds. The zero-order valence-corrected chi connectivity index (χ0v) is 10.2. The lowest BCUT2D eigenvalue weighted by Gasteiger charge is -2.46. The van der Waals surface area contributed by atoms with Gasteiger partial charge in [-0.05, 0) is 30.6 Å². The first kappa shape index (κ1) is 10.8. The van der Waals surface area contributed by atoms with Gasteiger partial charge in [-0.2, -0.15) is 0 Å². The van der Waals surface area contributed by atoms with Crippen molar-refractivity contribution in [3.8, 4) is 0 Å². The van der Waals surface area contributed by atoms with E-state index in [0.29, 0.717) is 11.5 Å². The van der Waals surface area contributed by atoms with Gasteiger partial charge in [-0.15, -0.1) is 0 Å². The smallest absolute Gasteiger partial charge is 0.334 e. The molecule has 0 spiro atoms. The van der Waals surface area contributed by atoms with E-state index in [-0.39, 0.29) is 23.4 Å². The summed E-state index contributed by atoms with van der Waals surface area (Å²) in [6.07, 6.45) is 7.37. The molecule has 1 saturated carbocycles. The number of rotatable bonds is 0. The van der Waals surface area contributed by atoms with E-state index in [1.807, 2.05) is 0 Å². The molecule has 1 aliphatic heterocycles. The number of carbonyl (C=O) groups is 1. The van der Waals surface area contributed by atoms with Gasteiger partial charge in [-0.1, -0.05) is 37.8 Å². The van der Waals surface area contributed by atoms with Crippen LogP contribution in [0.1, 0.15) is 26.2 Å². The van der Waals surface area contributed by atoms with E-state index in [4.69, 9.17) is 4.74 Å². The van der Waals surface area contributed by atoms with Gasteiger partial charge in [0.1, 0.15) is 6.10 Å². The van der Waals surface area contributed by atoms with Crippen molar-refractivity contribution in [3.05, 3.63) is 36.5 Å². The quantitative estimate of drug-likeness (QED) is 0.363. The summed E-state index contributed by atoms with van der Waals surface area (Å²) in [5.74, 6) is 0.487. The van der Waals surface area contributed by atoms with Crippen LogP contribution >= 0.6 is 0 Å². The highest BCUT2D eigenvalue weighted by Gasteiger charge is 2.51. The van der Waals surface area contributed by atoms with E-state index in [1.54, 1.807) is 0 Å². The van der Waals surface area contributed by atoms with Crippen LogP contribution in [-0.4, -0.2) is 12.1 Å². The van der Waals surface area contributed by atoms with Crippen LogP contribution in [0.4, 0.5) is 0 Å². The monoisotopic (exact) mass is 230 g/mol. The number of fused-ring (bicyclic) bond motifs is 2. The molecule has 0 bridgehead atoms. The third kappa shape index (κ3) is 1.43. The second kappa shape index (κ2) is 3.34. The minimum absolute atomic E-state index is 0.0341. The lowest BCUT2D eigenvalue weighted by atomic mass is 9.58. The number of allylic oxidation sites excluding steroid dienone is 3. The molecule has 1 saturated heterocycles. The van der Waals surface area contributed by atoms with Gasteiger partial charge < -0.3 is 4.74 Å². The van der Waals surface area contributed by atoms with Gasteiger partial charge >= 0.3 is 5.97 Å². The van der Waals surface area contributed by atoms with Crippen LogP contribution < -0.4 is 0 Å². The molecular formula is C15H18O2. The van der Waals surface area contributed by atoms with Crippen molar-refractivity contribution in [3.63, 3.8) is 0 Å². The molecule has 0 aromatic heterocycles. The van der Waals surface area contributed by atoms with Crippen LogP contribution in [0.25, 0.3) is 0 Å². The lowest BCUT2D eigenvalue weighted by Crippen LogP contribution is -2.41. The Kier molecular flexibility index (Phi) is 2.13. The van der Waals surface area contributed by atoms with Gasteiger partial charge in [0, 0.05) is 11.5 Å². The molecule has 1 heterocycles. The molecule has 0 N–H and O–H groups in total. The number of ether oxygens (including phenoxy) is 1. The molecule has 2 nitrogen and oxygen atoms in total. The summed E-state index contributed by atoms with van der Waals surface area (Å²) in [5.41, 5.74) is 2.07. The Labute approximate surface area is 102 Å². The summed E-state index contributed by atoms with van der Waals surface area (Å²) in [4.78, 5) is 11.6. The van der Waals surface area contributed by atoms with Gasteiger partial charge in [0.2, 0.25) is 0 Å². The van der Waals surface area contributed by atoms with Crippen molar-refractivity contribution < 1.29 is 9.53 Å². The Morgan fingerprint density at radius 1 is 1.47 bits per heavy atom. The molecule has 0 unspecified atom stereocenters. The third-order valence-electron chi connectivity index (χ3n) is 4.72. The molecule has 2 heteroatoms. The summed E-state index contributed by atoms with van der Waals surface area (Å²) in [6.45, 7) is 10.3. The molecule has 4 atom stereocenters. The zero-order chi connectivity index (χ0) is 12.2. The standard InChI is InChI=1S/C15H18O2/c1-9-5-4-6-15(3)8-13-11(7-12(9)15)10(2)14(16)17-13/h4,6,11-13H,1-2,5,7-8H2,3H3/t11-,12-,13-,15+/m1/s1. The largest absolute Gasteiger partial charge is 0.458 e. The SMILES string of the molecule is C=C1C(=O)O[C@@H]2C[C@]3(C)C=CCC(=C)[C@H]3C[C@H]12. The fourth-order valence-corrected chi connectivity index (χ4v) is 3.69. The van der Waals surface area contributed by atoms with Crippen molar-refractivity contribution >= 4 is 5.97 Å². The zero-order valence-electron chi connectivity index (χ0n) is 10.2. The molecule has 0 aromatic rings. The van der Waals surface area contributed by atoms with Crippen molar-refractivity contribution in [2.75, 3.05) is 0 Å². The van der Waals surface area contributed by atoms with E-state index >= 15 is 0 Å². The minimum atomic E-state index is -0.197. The number of hydrogen-bond donors (Lipinski definition) is 0. The van der Waals surface area contributed by atoms with Crippen molar-refractivity contribution in [1.29, 1.82) is 0 Å².